The van der Waals surface area contributed by atoms with Crippen molar-refractivity contribution in [3.05, 3.63) is 84.1 Å². The first-order chi connectivity index (χ1) is 15.2. The van der Waals surface area contributed by atoms with Crippen LogP contribution < -0.4 is 0 Å². The van der Waals surface area contributed by atoms with Crippen molar-refractivity contribution in [2.24, 2.45) is 0 Å². The molecule has 5 heteroatoms. The van der Waals surface area contributed by atoms with Crippen LogP contribution in [-0.4, -0.2) is 59.6 Å². The number of pyridine rings is 1. The van der Waals surface area contributed by atoms with Gasteiger partial charge in [-0.3, -0.25) is 14.7 Å². The Balaban J connectivity index is 1.54. The number of aromatic nitrogens is 1. The molecule has 0 radical (unpaired) electrons. The number of ether oxygens (including phenoxy) is 1. The first-order valence-electron chi connectivity index (χ1n) is 10.9. The van der Waals surface area contributed by atoms with E-state index in [1.165, 1.54) is 0 Å². The van der Waals surface area contributed by atoms with Crippen LogP contribution in [-0.2, 0) is 16.1 Å². The molecule has 160 valence electrons. The van der Waals surface area contributed by atoms with E-state index < -0.39 is 0 Å². The van der Waals surface area contributed by atoms with E-state index in [0.29, 0.717) is 6.54 Å². The number of rotatable bonds is 7. The molecule has 1 aliphatic rings. The quantitative estimate of drug-likeness (QED) is 0.547. The van der Waals surface area contributed by atoms with Crippen molar-refractivity contribution >= 4 is 22.9 Å². The summed E-state index contributed by atoms with van der Waals surface area (Å²) < 4.78 is 5.47. The molecule has 1 fully saturated rings. The van der Waals surface area contributed by atoms with Crippen molar-refractivity contribution in [3.8, 4) is 0 Å². The van der Waals surface area contributed by atoms with Crippen molar-refractivity contribution < 1.29 is 9.53 Å². The molecule has 1 amide bonds. The third kappa shape index (κ3) is 5.57. The van der Waals surface area contributed by atoms with Crippen LogP contribution in [0.5, 0.6) is 0 Å². The van der Waals surface area contributed by atoms with Crippen LogP contribution >= 0.6 is 0 Å². The van der Waals surface area contributed by atoms with E-state index in [4.69, 9.17) is 4.74 Å². The van der Waals surface area contributed by atoms with E-state index in [9.17, 15) is 4.79 Å². The minimum Gasteiger partial charge on any atom is -0.379 e. The Hall–Kier alpha value is -3.02. The molecule has 2 heterocycles. The molecule has 1 aliphatic heterocycles. The maximum Gasteiger partial charge on any atom is 0.247 e. The Morgan fingerprint density at radius 1 is 1.10 bits per heavy atom. The number of hydrogen-bond donors (Lipinski definition) is 0. The van der Waals surface area contributed by atoms with E-state index >= 15 is 0 Å². The summed E-state index contributed by atoms with van der Waals surface area (Å²) in [7, 11) is 0. The number of benzene rings is 2. The summed E-state index contributed by atoms with van der Waals surface area (Å²) >= 11 is 0. The number of fused-ring (bicyclic) bond motifs is 1. The van der Waals surface area contributed by atoms with Crippen LogP contribution in [0.4, 0.5) is 0 Å². The second-order valence-electron chi connectivity index (χ2n) is 7.97. The SMILES string of the molecule is CC(CN1CCOCC1)N(Cc1ccccc1)C(=O)/C=C/c1cccc2cccnc12. The predicted octanol–water partition coefficient (Wildman–Crippen LogP) is 4.00. The summed E-state index contributed by atoms with van der Waals surface area (Å²) in [5, 5.41) is 1.07. The Labute approximate surface area is 184 Å². The molecule has 2 aromatic carbocycles. The number of carbonyl (C=O) groups is 1. The van der Waals surface area contributed by atoms with Gasteiger partial charge in [0.05, 0.1) is 18.7 Å². The molecule has 0 bridgehead atoms. The van der Waals surface area contributed by atoms with Crippen LogP contribution in [0.25, 0.3) is 17.0 Å². The highest BCUT2D eigenvalue weighted by atomic mass is 16.5. The lowest BCUT2D eigenvalue weighted by Crippen LogP contribution is -2.47. The van der Waals surface area contributed by atoms with Crippen LogP contribution in [0.15, 0.2) is 72.9 Å². The third-order valence-corrected chi connectivity index (χ3v) is 5.71. The third-order valence-electron chi connectivity index (χ3n) is 5.71. The Morgan fingerprint density at radius 3 is 2.68 bits per heavy atom. The standard InChI is InChI=1S/C26H29N3O2/c1-21(19-28-15-17-31-18-16-28)29(20-22-7-3-2-4-8-22)25(30)13-12-24-10-5-9-23-11-6-14-27-26(23)24/h2-14,21H,15-20H2,1H3/b13-12+. The zero-order valence-corrected chi connectivity index (χ0v) is 18.0. The Kier molecular flexibility index (Phi) is 7.07. The lowest BCUT2D eigenvalue weighted by Gasteiger charge is -2.34. The van der Waals surface area contributed by atoms with Gasteiger partial charge in [0, 0.05) is 55.4 Å². The van der Waals surface area contributed by atoms with Gasteiger partial charge in [-0.2, -0.15) is 0 Å². The molecule has 1 aromatic heterocycles. The average molecular weight is 416 g/mol. The summed E-state index contributed by atoms with van der Waals surface area (Å²) in [6, 6.07) is 20.2. The Morgan fingerprint density at radius 2 is 1.87 bits per heavy atom. The van der Waals surface area contributed by atoms with E-state index in [1.54, 1.807) is 12.3 Å². The fraction of sp³-hybridized carbons (Fsp3) is 0.308. The number of para-hydroxylation sites is 1. The maximum atomic E-state index is 13.3. The van der Waals surface area contributed by atoms with Crippen LogP contribution in [0.2, 0.25) is 0 Å². The summed E-state index contributed by atoms with van der Waals surface area (Å²) in [6.07, 6.45) is 5.35. The van der Waals surface area contributed by atoms with E-state index in [1.807, 2.05) is 59.5 Å². The van der Waals surface area contributed by atoms with Crippen LogP contribution in [0, 0.1) is 0 Å². The van der Waals surface area contributed by atoms with Crippen LogP contribution in [0.1, 0.15) is 18.1 Å². The van der Waals surface area contributed by atoms with Gasteiger partial charge in [-0.25, -0.2) is 0 Å². The van der Waals surface area contributed by atoms with E-state index in [0.717, 1.165) is 54.9 Å². The van der Waals surface area contributed by atoms with E-state index in [-0.39, 0.29) is 11.9 Å². The van der Waals surface area contributed by atoms with Crippen molar-refractivity contribution in [2.75, 3.05) is 32.8 Å². The fourth-order valence-electron chi connectivity index (χ4n) is 4.01. The van der Waals surface area contributed by atoms with Crippen molar-refractivity contribution in [1.29, 1.82) is 0 Å². The molecular weight excluding hydrogens is 386 g/mol. The summed E-state index contributed by atoms with van der Waals surface area (Å²) in [5.41, 5.74) is 2.99. The summed E-state index contributed by atoms with van der Waals surface area (Å²) in [6.45, 7) is 6.89. The second-order valence-corrected chi connectivity index (χ2v) is 7.97. The van der Waals surface area contributed by atoms with Crippen LogP contribution in [0.3, 0.4) is 0 Å². The van der Waals surface area contributed by atoms with Gasteiger partial charge >= 0.3 is 0 Å². The number of carbonyl (C=O) groups excluding carboxylic acids is 1. The van der Waals surface area contributed by atoms with Crippen molar-refractivity contribution in [2.45, 2.75) is 19.5 Å². The van der Waals surface area contributed by atoms with Crippen molar-refractivity contribution in [1.82, 2.24) is 14.8 Å². The largest absolute Gasteiger partial charge is 0.379 e. The second kappa shape index (κ2) is 10.3. The lowest BCUT2D eigenvalue weighted by molar-refractivity contribution is -0.129. The van der Waals surface area contributed by atoms with Gasteiger partial charge in [-0.1, -0.05) is 54.6 Å². The normalized spacial score (nSPS) is 15.9. The maximum absolute atomic E-state index is 13.3. The molecule has 1 atom stereocenters. The zero-order valence-electron chi connectivity index (χ0n) is 18.0. The highest BCUT2D eigenvalue weighted by molar-refractivity contribution is 5.95. The molecule has 0 saturated carbocycles. The first-order valence-corrected chi connectivity index (χ1v) is 10.9. The summed E-state index contributed by atoms with van der Waals surface area (Å²) in [4.78, 5) is 22.1. The molecule has 31 heavy (non-hydrogen) atoms. The summed E-state index contributed by atoms with van der Waals surface area (Å²) in [5.74, 6) is 0.0116. The van der Waals surface area contributed by atoms with Gasteiger partial charge in [0.25, 0.3) is 0 Å². The molecule has 4 rings (SSSR count). The molecule has 5 nitrogen and oxygen atoms in total. The minimum atomic E-state index is 0.0116. The molecule has 1 saturated heterocycles. The smallest absolute Gasteiger partial charge is 0.247 e. The molecule has 1 unspecified atom stereocenters. The predicted molar refractivity (Wildman–Crippen MR) is 124 cm³/mol. The number of hydrogen-bond acceptors (Lipinski definition) is 4. The van der Waals surface area contributed by atoms with Gasteiger partial charge in [-0.15, -0.1) is 0 Å². The average Bonchev–Trinajstić information content (AvgIpc) is 2.82. The highest BCUT2D eigenvalue weighted by Gasteiger charge is 2.22. The number of amides is 1. The molecular formula is C26H29N3O2. The lowest BCUT2D eigenvalue weighted by atomic mass is 10.1. The topological polar surface area (TPSA) is 45.7 Å². The molecule has 0 N–H and O–H groups in total. The van der Waals surface area contributed by atoms with Gasteiger partial charge in [0.2, 0.25) is 5.91 Å². The van der Waals surface area contributed by atoms with Crippen molar-refractivity contribution in [3.63, 3.8) is 0 Å². The van der Waals surface area contributed by atoms with Gasteiger partial charge in [0.15, 0.2) is 0 Å². The molecule has 0 spiro atoms. The fourth-order valence-corrected chi connectivity index (χ4v) is 4.01. The molecule has 3 aromatic rings. The minimum absolute atomic E-state index is 0.0116. The number of nitrogens with zero attached hydrogens (tertiary/aromatic N) is 3. The monoisotopic (exact) mass is 415 g/mol. The van der Waals surface area contributed by atoms with E-state index in [2.05, 4.69) is 28.9 Å². The van der Waals surface area contributed by atoms with Gasteiger partial charge < -0.3 is 9.64 Å². The highest BCUT2D eigenvalue weighted by Crippen LogP contribution is 2.18. The number of morpholine rings is 1. The first kappa shape index (κ1) is 21.2. The van der Waals surface area contributed by atoms with Gasteiger partial charge in [0.1, 0.15) is 0 Å². The van der Waals surface area contributed by atoms with Gasteiger partial charge in [-0.05, 0) is 24.6 Å². The Bertz CT molecular complexity index is 1020. The molecule has 0 aliphatic carbocycles. The zero-order chi connectivity index (χ0) is 21.5.